The van der Waals surface area contributed by atoms with Crippen LogP contribution in [0, 0.1) is 0 Å². The van der Waals surface area contributed by atoms with Crippen molar-refractivity contribution in [3.8, 4) is 5.88 Å². The van der Waals surface area contributed by atoms with Crippen LogP contribution >= 0.6 is 0 Å². The molecule has 1 aromatic heterocycles. The Bertz CT molecular complexity index is 1090. The monoisotopic (exact) mass is 430 g/mol. The molecule has 0 saturated carbocycles. The van der Waals surface area contributed by atoms with Crippen molar-refractivity contribution in [3.05, 3.63) is 60.3 Å². The van der Waals surface area contributed by atoms with E-state index < -0.39 is 0 Å². The second kappa shape index (κ2) is 9.57. The highest BCUT2D eigenvalue weighted by Crippen LogP contribution is 2.28. The molecule has 2 aromatic carbocycles. The molecule has 0 atom stereocenters. The molecule has 1 N–H and O–H groups in total. The zero-order valence-corrected chi connectivity index (χ0v) is 18.4. The van der Waals surface area contributed by atoms with E-state index in [0.29, 0.717) is 18.9 Å². The number of anilines is 2. The third-order valence-electron chi connectivity index (χ3n) is 6.46. The number of aryl methyl sites for hydroxylation is 1. The SMILES string of the molecule is O=C1CCc2cnc(OCCCCN3CCN(c4cccc5ccccc45)CC3)cc2N1. The van der Waals surface area contributed by atoms with Gasteiger partial charge in [0.2, 0.25) is 11.8 Å². The number of amides is 1. The zero-order valence-electron chi connectivity index (χ0n) is 18.4. The largest absolute Gasteiger partial charge is 0.478 e. The average Bonchev–Trinajstić information content (AvgIpc) is 2.83. The molecule has 3 aromatic rings. The molecular weight excluding hydrogens is 400 g/mol. The first kappa shape index (κ1) is 20.8. The van der Waals surface area contributed by atoms with Gasteiger partial charge in [-0.2, -0.15) is 0 Å². The summed E-state index contributed by atoms with van der Waals surface area (Å²) in [6.07, 6.45) is 5.21. The van der Waals surface area contributed by atoms with Gasteiger partial charge < -0.3 is 15.0 Å². The summed E-state index contributed by atoms with van der Waals surface area (Å²) in [5.41, 5.74) is 3.28. The molecule has 0 radical (unpaired) electrons. The first-order chi connectivity index (χ1) is 15.8. The van der Waals surface area contributed by atoms with Gasteiger partial charge in [0.05, 0.1) is 12.3 Å². The Hall–Kier alpha value is -3.12. The molecule has 166 valence electrons. The maximum absolute atomic E-state index is 11.6. The number of hydrogen-bond acceptors (Lipinski definition) is 5. The molecule has 2 aliphatic heterocycles. The van der Waals surface area contributed by atoms with Gasteiger partial charge in [0, 0.05) is 55.9 Å². The quantitative estimate of drug-likeness (QED) is 0.572. The molecule has 1 saturated heterocycles. The Morgan fingerprint density at radius 1 is 0.969 bits per heavy atom. The van der Waals surface area contributed by atoms with Gasteiger partial charge in [-0.1, -0.05) is 36.4 Å². The molecule has 1 fully saturated rings. The molecule has 0 bridgehead atoms. The number of rotatable bonds is 7. The highest BCUT2D eigenvalue weighted by Gasteiger charge is 2.18. The summed E-state index contributed by atoms with van der Waals surface area (Å²) in [5, 5.41) is 5.55. The number of nitrogens with zero attached hydrogens (tertiary/aromatic N) is 3. The van der Waals surface area contributed by atoms with Crippen molar-refractivity contribution >= 4 is 28.1 Å². The highest BCUT2D eigenvalue weighted by atomic mass is 16.5. The number of piperazine rings is 1. The third kappa shape index (κ3) is 4.70. The Morgan fingerprint density at radius 3 is 2.72 bits per heavy atom. The van der Waals surface area contributed by atoms with Crippen LogP contribution in [0.3, 0.4) is 0 Å². The van der Waals surface area contributed by atoms with E-state index in [4.69, 9.17) is 4.74 Å². The second-order valence-corrected chi connectivity index (χ2v) is 8.61. The molecule has 6 heteroatoms. The summed E-state index contributed by atoms with van der Waals surface area (Å²) in [6.45, 7) is 6.06. The first-order valence-electron chi connectivity index (χ1n) is 11.6. The molecule has 32 heavy (non-hydrogen) atoms. The Balaban J connectivity index is 1.04. The van der Waals surface area contributed by atoms with Crippen LogP contribution in [-0.2, 0) is 11.2 Å². The van der Waals surface area contributed by atoms with Crippen LogP contribution in [0.15, 0.2) is 54.7 Å². The Kier molecular flexibility index (Phi) is 6.21. The highest BCUT2D eigenvalue weighted by molar-refractivity contribution is 5.94. The van der Waals surface area contributed by atoms with Crippen LogP contribution in [0.4, 0.5) is 11.4 Å². The summed E-state index contributed by atoms with van der Waals surface area (Å²) in [4.78, 5) is 21.0. The number of ether oxygens (including phenoxy) is 1. The second-order valence-electron chi connectivity index (χ2n) is 8.61. The van der Waals surface area contributed by atoms with Crippen molar-refractivity contribution in [1.29, 1.82) is 0 Å². The van der Waals surface area contributed by atoms with E-state index >= 15 is 0 Å². The summed E-state index contributed by atoms with van der Waals surface area (Å²) >= 11 is 0. The van der Waals surface area contributed by atoms with E-state index in [2.05, 4.69) is 62.6 Å². The van der Waals surface area contributed by atoms with Gasteiger partial charge in [0.1, 0.15) is 0 Å². The van der Waals surface area contributed by atoms with Crippen LogP contribution < -0.4 is 15.0 Å². The maximum Gasteiger partial charge on any atom is 0.224 e. The van der Waals surface area contributed by atoms with Crippen molar-refractivity contribution in [2.75, 3.05) is 49.5 Å². The predicted molar refractivity (Wildman–Crippen MR) is 129 cm³/mol. The number of hydrogen-bond donors (Lipinski definition) is 1. The van der Waals surface area contributed by atoms with E-state index in [1.807, 2.05) is 12.3 Å². The van der Waals surface area contributed by atoms with E-state index in [-0.39, 0.29) is 5.91 Å². The number of pyridine rings is 1. The van der Waals surface area contributed by atoms with E-state index in [1.54, 1.807) is 0 Å². The van der Waals surface area contributed by atoms with Crippen molar-refractivity contribution in [2.24, 2.45) is 0 Å². The van der Waals surface area contributed by atoms with Crippen molar-refractivity contribution in [2.45, 2.75) is 25.7 Å². The molecule has 1 amide bonds. The van der Waals surface area contributed by atoms with Gasteiger partial charge in [-0.3, -0.25) is 9.69 Å². The normalized spacial score (nSPS) is 16.6. The third-order valence-corrected chi connectivity index (χ3v) is 6.46. The van der Waals surface area contributed by atoms with Crippen LogP contribution in [0.5, 0.6) is 5.88 Å². The Labute approximate surface area is 189 Å². The van der Waals surface area contributed by atoms with Gasteiger partial charge in [-0.05, 0) is 42.8 Å². The lowest BCUT2D eigenvalue weighted by atomic mass is 10.1. The van der Waals surface area contributed by atoms with Crippen LogP contribution in [0.25, 0.3) is 10.8 Å². The number of fused-ring (bicyclic) bond motifs is 2. The van der Waals surface area contributed by atoms with Gasteiger partial charge in [-0.15, -0.1) is 0 Å². The number of carbonyl (C=O) groups is 1. The molecule has 0 aliphatic carbocycles. The van der Waals surface area contributed by atoms with E-state index in [1.165, 1.54) is 16.5 Å². The van der Waals surface area contributed by atoms with Gasteiger partial charge >= 0.3 is 0 Å². The summed E-state index contributed by atoms with van der Waals surface area (Å²) in [6, 6.07) is 17.1. The maximum atomic E-state index is 11.6. The molecular formula is C26H30N4O2. The van der Waals surface area contributed by atoms with Crippen molar-refractivity contribution in [1.82, 2.24) is 9.88 Å². The number of aromatic nitrogens is 1. The lowest BCUT2D eigenvalue weighted by Gasteiger charge is -2.36. The number of unbranched alkanes of at least 4 members (excludes halogenated alkanes) is 1. The van der Waals surface area contributed by atoms with Crippen LogP contribution in [0.2, 0.25) is 0 Å². The first-order valence-corrected chi connectivity index (χ1v) is 11.6. The fourth-order valence-corrected chi connectivity index (χ4v) is 4.63. The van der Waals surface area contributed by atoms with Crippen LogP contribution in [-0.4, -0.2) is 55.1 Å². The Morgan fingerprint density at radius 2 is 1.81 bits per heavy atom. The van der Waals surface area contributed by atoms with E-state index in [9.17, 15) is 4.79 Å². The summed E-state index contributed by atoms with van der Waals surface area (Å²) in [7, 11) is 0. The van der Waals surface area contributed by atoms with Gasteiger partial charge in [-0.25, -0.2) is 4.98 Å². The lowest BCUT2D eigenvalue weighted by molar-refractivity contribution is -0.116. The van der Waals surface area contributed by atoms with Crippen molar-refractivity contribution < 1.29 is 9.53 Å². The molecule has 2 aliphatic rings. The number of nitrogens with one attached hydrogen (secondary N) is 1. The molecule has 5 rings (SSSR count). The van der Waals surface area contributed by atoms with Crippen molar-refractivity contribution in [3.63, 3.8) is 0 Å². The number of carbonyl (C=O) groups excluding carboxylic acids is 1. The van der Waals surface area contributed by atoms with E-state index in [0.717, 1.165) is 63.2 Å². The average molecular weight is 431 g/mol. The summed E-state index contributed by atoms with van der Waals surface area (Å²) in [5.74, 6) is 0.657. The molecule has 0 unspecified atom stereocenters. The molecule has 3 heterocycles. The fraction of sp³-hybridized carbons (Fsp3) is 0.385. The fourth-order valence-electron chi connectivity index (χ4n) is 4.63. The van der Waals surface area contributed by atoms with Crippen LogP contribution in [0.1, 0.15) is 24.8 Å². The van der Waals surface area contributed by atoms with Gasteiger partial charge in [0.25, 0.3) is 0 Å². The molecule has 0 spiro atoms. The standard InChI is InChI=1S/C26H30N4O2/c31-25-11-10-21-19-27-26(18-23(21)28-25)32-17-4-3-12-29-13-15-30(16-14-29)24-9-5-7-20-6-1-2-8-22(20)24/h1-2,5-9,18-19H,3-4,10-17H2,(H,28,31). The predicted octanol–water partition coefficient (Wildman–Crippen LogP) is 4.10. The van der Waals surface area contributed by atoms with Gasteiger partial charge in [0.15, 0.2) is 0 Å². The topological polar surface area (TPSA) is 57.7 Å². The minimum atomic E-state index is 0.0650. The minimum Gasteiger partial charge on any atom is -0.478 e. The summed E-state index contributed by atoms with van der Waals surface area (Å²) < 4.78 is 5.82. The zero-order chi connectivity index (χ0) is 21.8. The number of benzene rings is 2. The molecule has 6 nitrogen and oxygen atoms in total. The lowest BCUT2D eigenvalue weighted by Crippen LogP contribution is -2.46. The minimum absolute atomic E-state index is 0.0650. The smallest absolute Gasteiger partial charge is 0.224 e.